The van der Waals surface area contributed by atoms with Crippen LogP contribution in [0.1, 0.15) is 31.2 Å². The Morgan fingerprint density at radius 2 is 2.15 bits per heavy atom. The van der Waals surface area contributed by atoms with Crippen molar-refractivity contribution in [3.63, 3.8) is 0 Å². The quantitative estimate of drug-likeness (QED) is 0.899. The number of para-hydroxylation sites is 1. The molecule has 0 saturated carbocycles. The number of benzene rings is 1. The predicted molar refractivity (Wildman–Crippen MR) is 78.9 cm³/mol. The molecule has 20 heavy (non-hydrogen) atoms. The van der Waals surface area contributed by atoms with Gasteiger partial charge in [0.1, 0.15) is 0 Å². The Bertz CT molecular complexity index is 503. The molecule has 4 heteroatoms. The third-order valence-corrected chi connectivity index (χ3v) is 4.56. The third kappa shape index (κ3) is 2.29. The average molecular weight is 274 g/mol. The van der Waals surface area contributed by atoms with E-state index in [1.165, 1.54) is 0 Å². The number of hydrogen-bond donors (Lipinski definition) is 1. The van der Waals surface area contributed by atoms with Gasteiger partial charge in [0.25, 0.3) is 0 Å². The van der Waals surface area contributed by atoms with Crippen molar-refractivity contribution in [3.8, 4) is 0 Å². The van der Waals surface area contributed by atoms with Crippen molar-refractivity contribution >= 4 is 11.6 Å². The largest absolute Gasteiger partial charge is 0.385 e. The van der Waals surface area contributed by atoms with Crippen LogP contribution in [0.4, 0.5) is 5.69 Å². The summed E-state index contributed by atoms with van der Waals surface area (Å²) in [7, 11) is 1.92. The minimum atomic E-state index is -0.0229. The maximum absolute atomic E-state index is 12.8. The van der Waals surface area contributed by atoms with E-state index in [4.69, 9.17) is 4.74 Å². The molecule has 0 bridgehead atoms. The predicted octanol–water partition coefficient (Wildman–Crippen LogP) is 2.22. The summed E-state index contributed by atoms with van der Waals surface area (Å²) in [4.78, 5) is 14.7. The van der Waals surface area contributed by atoms with E-state index in [9.17, 15) is 4.79 Å². The molecule has 1 amide bonds. The van der Waals surface area contributed by atoms with Gasteiger partial charge in [-0.3, -0.25) is 4.79 Å². The van der Waals surface area contributed by atoms with Gasteiger partial charge >= 0.3 is 0 Å². The summed E-state index contributed by atoms with van der Waals surface area (Å²) < 4.78 is 5.59. The van der Waals surface area contributed by atoms with Crippen LogP contribution in [-0.2, 0) is 9.53 Å². The molecule has 3 rings (SSSR count). The number of nitrogens with one attached hydrogen (secondary N) is 1. The highest BCUT2D eigenvalue weighted by Crippen LogP contribution is 2.33. The highest BCUT2D eigenvalue weighted by atomic mass is 16.5. The minimum absolute atomic E-state index is 0.0229. The van der Waals surface area contributed by atoms with E-state index in [2.05, 4.69) is 24.4 Å². The van der Waals surface area contributed by atoms with Gasteiger partial charge in [-0.25, -0.2) is 0 Å². The second-order valence-electron chi connectivity index (χ2n) is 5.74. The van der Waals surface area contributed by atoms with Crippen molar-refractivity contribution < 1.29 is 9.53 Å². The average Bonchev–Trinajstić information content (AvgIpc) is 2.91. The van der Waals surface area contributed by atoms with Crippen molar-refractivity contribution in [2.24, 2.45) is 0 Å². The normalized spacial score (nSPS) is 28.6. The second-order valence-corrected chi connectivity index (χ2v) is 5.74. The molecule has 1 aromatic carbocycles. The molecule has 2 aliphatic heterocycles. The second kappa shape index (κ2) is 5.44. The molecule has 1 N–H and O–H groups in total. The van der Waals surface area contributed by atoms with Crippen LogP contribution in [0.3, 0.4) is 0 Å². The number of likely N-dealkylation sites (N-methyl/N-ethyl adjacent to an activating group) is 1. The lowest BCUT2D eigenvalue weighted by atomic mass is 9.89. The zero-order chi connectivity index (χ0) is 14.1. The lowest BCUT2D eigenvalue weighted by molar-refractivity contribution is -0.134. The van der Waals surface area contributed by atoms with Gasteiger partial charge in [-0.15, -0.1) is 0 Å². The van der Waals surface area contributed by atoms with Gasteiger partial charge in [-0.2, -0.15) is 0 Å². The first-order valence-corrected chi connectivity index (χ1v) is 7.39. The van der Waals surface area contributed by atoms with E-state index in [0.717, 1.165) is 37.2 Å². The molecule has 3 unspecified atom stereocenters. The number of carbonyl (C=O) groups is 1. The lowest BCUT2D eigenvalue weighted by Gasteiger charge is -2.33. The molecule has 0 aliphatic carbocycles. The summed E-state index contributed by atoms with van der Waals surface area (Å²) >= 11 is 0. The molecule has 0 spiro atoms. The molecular weight excluding hydrogens is 252 g/mol. The molecule has 108 valence electrons. The van der Waals surface area contributed by atoms with Gasteiger partial charge < -0.3 is 15.0 Å². The lowest BCUT2D eigenvalue weighted by Crippen LogP contribution is -2.44. The molecule has 2 aliphatic rings. The smallest absolute Gasteiger partial charge is 0.230 e. The summed E-state index contributed by atoms with van der Waals surface area (Å²) in [6.07, 6.45) is 1.94. The summed E-state index contributed by atoms with van der Waals surface area (Å²) in [5, 5.41) is 3.37. The van der Waals surface area contributed by atoms with E-state index >= 15 is 0 Å². The summed E-state index contributed by atoms with van der Waals surface area (Å²) in [5.41, 5.74) is 2.23. The molecule has 2 heterocycles. The van der Waals surface area contributed by atoms with Crippen molar-refractivity contribution in [1.29, 1.82) is 0 Å². The molecule has 0 aromatic heterocycles. The fourth-order valence-electron chi connectivity index (χ4n) is 3.36. The summed E-state index contributed by atoms with van der Waals surface area (Å²) in [5.74, 6) is 0.201. The zero-order valence-corrected chi connectivity index (χ0v) is 12.1. The van der Waals surface area contributed by atoms with Crippen LogP contribution < -0.4 is 5.32 Å². The fraction of sp³-hybridized carbons (Fsp3) is 0.562. The van der Waals surface area contributed by atoms with E-state index < -0.39 is 0 Å². The Labute approximate surface area is 120 Å². The molecule has 4 nitrogen and oxygen atoms in total. The van der Waals surface area contributed by atoms with Crippen LogP contribution in [-0.4, -0.2) is 43.2 Å². The maximum atomic E-state index is 12.8. The Hall–Kier alpha value is -1.55. The molecule has 1 saturated heterocycles. The Morgan fingerprint density at radius 3 is 2.90 bits per heavy atom. The number of amides is 1. The molecule has 1 fully saturated rings. The van der Waals surface area contributed by atoms with Crippen LogP contribution in [0.5, 0.6) is 0 Å². The monoisotopic (exact) mass is 274 g/mol. The zero-order valence-electron chi connectivity index (χ0n) is 12.1. The maximum Gasteiger partial charge on any atom is 0.230 e. The van der Waals surface area contributed by atoms with Gasteiger partial charge in [-0.05, 0) is 31.4 Å². The Kier molecular flexibility index (Phi) is 3.66. The third-order valence-electron chi connectivity index (χ3n) is 4.56. The van der Waals surface area contributed by atoms with Gasteiger partial charge in [0, 0.05) is 25.9 Å². The number of rotatable bonds is 2. The number of hydrogen-bond acceptors (Lipinski definition) is 3. The Balaban J connectivity index is 1.81. The molecular formula is C16H22N2O2. The Morgan fingerprint density at radius 1 is 1.35 bits per heavy atom. The van der Waals surface area contributed by atoms with Crippen molar-refractivity contribution in [2.75, 3.05) is 25.5 Å². The van der Waals surface area contributed by atoms with Crippen LogP contribution in [0.15, 0.2) is 24.3 Å². The van der Waals surface area contributed by atoms with E-state index in [1.54, 1.807) is 0 Å². The van der Waals surface area contributed by atoms with Gasteiger partial charge in [0.2, 0.25) is 5.91 Å². The number of anilines is 1. The van der Waals surface area contributed by atoms with Crippen LogP contribution in [0.2, 0.25) is 0 Å². The number of ether oxygens (including phenoxy) is 1. The highest BCUT2D eigenvalue weighted by molar-refractivity contribution is 5.86. The van der Waals surface area contributed by atoms with Crippen molar-refractivity contribution in [3.05, 3.63) is 29.8 Å². The first-order chi connectivity index (χ1) is 9.68. The number of nitrogens with zero attached hydrogens (tertiary/aromatic N) is 1. The first-order valence-electron chi connectivity index (χ1n) is 7.39. The van der Waals surface area contributed by atoms with Crippen LogP contribution in [0.25, 0.3) is 0 Å². The van der Waals surface area contributed by atoms with Crippen molar-refractivity contribution in [1.82, 2.24) is 4.90 Å². The van der Waals surface area contributed by atoms with Gasteiger partial charge in [0.15, 0.2) is 0 Å². The van der Waals surface area contributed by atoms with E-state index in [0.29, 0.717) is 0 Å². The molecule has 0 radical (unpaired) electrons. The first kappa shape index (κ1) is 13.4. The van der Waals surface area contributed by atoms with Crippen molar-refractivity contribution in [2.45, 2.75) is 37.8 Å². The number of fused-ring (bicyclic) bond motifs is 1. The molecule has 3 atom stereocenters. The highest BCUT2D eigenvalue weighted by Gasteiger charge is 2.35. The molecule has 1 aromatic rings. The summed E-state index contributed by atoms with van der Waals surface area (Å²) in [6, 6.07) is 8.34. The standard InChI is InChI=1S/C16H22N2O2/c1-11-15(8-10-20-11)18(2)16(19)13-7-9-17-14-6-4-3-5-12(13)14/h3-6,11,13,15,17H,7-10H2,1-2H3. The van der Waals surface area contributed by atoms with E-state index in [-0.39, 0.29) is 24.0 Å². The number of carbonyl (C=O) groups excluding carboxylic acids is 1. The van der Waals surface area contributed by atoms with Gasteiger partial charge in [-0.1, -0.05) is 18.2 Å². The SMILES string of the molecule is CC1OCCC1N(C)C(=O)C1CCNc2ccccc21. The summed E-state index contributed by atoms with van der Waals surface area (Å²) in [6.45, 7) is 3.67. The van der Waals surface area contributed by atoms with Gasteiger partial charge in [0.05, 0.1) is 18.1 Å². The van der Waals surface area contributed by atoms with E-state index in [1.807, 2.05) is 24.1 Å². The van der Waals surface area contributed by atoms with Crippen LogP contribution in [0, 0.1) is 0 Å². The topological polar surface area (TPSA) is 41.6 Å². The fourth-order valence-corrected chi connectivity index (χ4v) is 3.36. The minimum Gasteiger partial charge on any atom is -0.385 e. The van der Waals surface area contributed by atoms with Crippen LogP contribution >= 0.6 is 0 Å².